The van der Waals surface area contributed by atoms with Gasteiger partial charge < -0.3 is 4.90 Å². The number of nitrogens with one attached hydrogen (secondary N) is 1. The van der Waals surface area contributed by atoms with Crippen molar-refractivity contribution in [1.29, 1.82) is 0 Å². The highest BCUT2D eigenvalue weighted by molar-refractivity contribution is 7.98. The molecular formula is C16H24N2OS. The Labute approximate surface area is 126 Å². The second kappa shape index (κ2) is 6.64. The molecule has 0 radical (unpaired) electrons. The zero-order valence-corrected chi connectivity index (χ0v) is 13.6. The van der Waals surface area contributed by atoms with Crippen molar-refractivity contribution >= 4 is 17.7 Å². The van der Waals surface area contributed by atoms with E-state index < -0.39 is 0 Å². The molecule has 1 saturated heterocycles. The first-order valence-corrected chi connectivity index (χ1v) is 8.54. The average Bonchev–Trinajstić information content (AvgIpc) is 2.78. The van der Waals surface area contributed by atoms with Gasteiger partial charge in [0.2, 0.25) is 5.91 Å². The maximum atomic E-state index is 12.2. The summed E-state index contributed by atoms with van der Waals surface area (Å²) in [4.78, 5) is 14.2. The lowest BCUT2D eigenvalue weighted by atomic mass is 10.0. The highest BCUT2D eigenvalue weighted by atomic mass is 32.2. The topological polar surface area (TPSA) is 32.3 Å². The van der Waals surface area contributed by atoms with Crippen LogP contribution in [0.5, 0.6) is 0 Å². The first-order valence-electron chi connectivity index (χ1n) is 7.15. The van der Waals surface area contributed by atoms with Gasteiger partial charge in [-0.15, -0.1) is 0 Å². The Hall–Kier alpha value is -1.00. The summed E-state index contributed by atoms with van der Waals surface area (Å²) in [5.74, 6) is 1.30. The Morgan fingerprint density at radius 1 is 1.45 bits per heavy atom. The second-order valence-electron chi connectivity index (χ2n) is 5.57. The van der Waals surface area contributed by atoms with Crippen LogP contribution in [0.3, 0.4) is 0 Å². The molecule has 0 spiro atoms. The van der Waals surface area contributed by atoms with Crippen LogP contribution < -0.4 is 5.32 Å². The summed E-state index contributed by atoms with van der Waals surface area (Å²) >= 11 is 1.83. The number of carbonyl (C=O) groups excluding carboxylic acids is 1. The van der Waals surface area contributed by atoms with Crippen molar-refractivity contribution < 1.29 is 4.79 Å². The van der Waals surface area contributed by atoms with E-state index in [2.05, 4.69) is 50.5 Å². The minimum absolute atomic E-state index is 0.0277. The molecular weight excluding hydrogens is 268 g/mol. The SMILES string of the molecule is CSCCC(C)N1C(=O)CNC1c1ccc(C)cc1C. The zero-order valence-electron chi connectivity index (χ0n) is 12.8. The van der Waals surface area contributed by atoms with Crippen LogP contribution >= 0.6 is 11.8 Å². The van der Waals surface area contributed by atoms with E-state index in [0.29, 0.717) is 6.54 Å². The van der Waals surface area contributed by atoms with Crippen molar-refractivity contribution in [2.75, 3.05) is 18.6 Å². The first-order chi connectivity index (χ1) is 9.54. The van der Waals surface area contributed by atoms with Crippen LogP contribution in [0.1, 0.15) is 36.2 Å². The maximum absolute atomic E-state index is 12.2. The first kappa shape index (κ1) is 15.4. The molecule has 3 nitrogen and oxygen atoms in total. The van der Waals surface area contributed by atoms with E-state index in [-0.39, 0.29) is 18.1 Å². The van der Waals surface area contributed by atoms with Gasteiger partial charge in [-0.25, -0.2) is 0 Å². The van der Waals surface area contributed by atoms with E-state index in [4.69, 9.17) is 0 Å². The van der Waals surface area contributed by atoms with Gasteiger partial charge in [0.05, 0.1) is 6.54 Å². The third-order valence-corrected chi connectivity index (χ3v) is 4.59. The van der Waals surface area contributed by atoms with Gasteiger partial charge in [-0.05, 0) is 50.3 Å². The summed E-state index contributed by atoms with van der Waals surface area (Å²) in [6.45, 7) is 6.82. The Morgan fingerprint density at radius 2 is 2.20 bits per heavy atom. The van der Waals surface area contributed by atoms with E-state index >= 15 is 0 Å². The lowest BCUT2D eigenvalue weighted by Gasteiger charge is -2.31. The monoisotopic (exact) mass is 292 g/mol. The molecule has 2 rings (SSSR count). The fourth-order valence-electron chi connectivity index (χ4n) is 2.84. The van der Waals surface area contributed by atoms with Crippen LogP contribution in [-0.2, 0) is 4.79 Å². The van der Waals surface area contributed by atoms with E-state index in [1.54, 1.807) is 0 Å². The predicted octanol–water partition coefficient (Wildman–Crippen LogP) is 2.88. The number of hydrogen-bond acceptors (Lipinski definition) is 3. The molecule has 1 aromatic rings. The average molecular weight is 292 g/mol. The molecule has 1 fully saturated rings. The van der Waals surface area contributed by atoms with Crippen molar-refractivity contribution in [2.45, 2.75) is 39.4 Å². The van der Waals surface area contributed by atoms with Gasteiger partial charge in [0.15, 0.2) is 0 Å². The number of rotatable bonds is 5. The summed E-state index contributed by atoms with van der Waals surface area (Å²) in [5, 5.41) is 3.36. The largest absolute Gasteiger partial charge is 0.319 e. The standard InChI is InChI=1S/C16H24N2OS/c1-11-5-6-14(12(2)9-11)16-17-10-15(19)18(16)13(3)7-8-20-4/h5-6,9,13,16-17H,7-8,10H2,1-4H3. The number of hydrogen-bond donors (Lipinski definition) is 1. The molecule has 0 aliphatic carbocycles. The molecule has 2 unspecified atom stereocenters. The van der Waals surface area contributed by atoms with Gasteiger partial charge in [0, 0.05) is 6.04 Å². The highest BCUT2D eigenvalue weighted by Crippen LogP contribution is 2.28. The third-order valence-electron chi connectivity index (χ3n) is 3.95. The van der Waals surface area contributed by atoms with Crippen molar-refractivity contribution in [3.05, 3.63) is 34.9 Å². The van der Waals surface area contributed by atoms with Crippen LogP contribution in [0, 0.1) is 13.8 Å². The molecule has 1 N–H and O–H groups in total. The molecule has 1 aromatic carbocycles. The number of thioether (sulfide) groups is 1. The molecule has 110 valence electrons. The molecule has 1 amide bonds. The number of carbonyl (C=O) groups is 1. The summed E-state index contributed by atoms with van der Waals surface area (Å²) < 4.78 is 0. The third kappa shape index (κ3) is 3.18. The van der Waals surface area contributed by atoms with Crippen molar-refractivity contribution in [3.63, 3.8) is 0 Å². The Kier molecular flexibility index (Phi) is 5.11. The van der Waals surface area contributed by atoms with E-state index in [0.717, 1.165) is 12.2 Å². The Bertz CT molecular complexity index is 489. The van der Waals surface area contributed by atoms with Crippen molar-refractivity contribution in [2.24, 2.45) is 0 Å². The normalized spacial score (nSPS) is 20.5. The lowest BCUT2D eigenvalue weighted by molar-refractivity contribution is -0.130. The summed E-state index contributed by atoms with van der Waals surface area (Å²) in [7, 11) is 0. The fourth-order valence-corrected chi connectivity index (χ4v) is 3.41. The molecule has 1 aliphatic rings. The van der Waals surface area contributed by atoms with Gasteiger partial charge in [0.1, 0.15) is 6.17 Å². The zero-order chi connectivity index (χ0) is 14.7. The number of aryl methyl sites for hydroxylation is 2. The predicted molar refractivity (Wildman–Crippen MR) is 86.0 cm³/mol. The van der Waals surface area contributed by atoms with Crippen LogP contribution in [0.25, 0.3) is 0 Å². The molecule has 4 heteroatoms. The van der Waals surface area contributed by atoms with E-state index in [9.17, 15) is 4.79 Å². The van der Waals surface area contributed by atoms with Crippen LogP contribution in [0.15, 0.2) is 18.2 Å². The smallest absolute Gasteiger partial charge is 0.238 e. The molecule has 2 atom stereocenters. The van der Waals surface area contributed by atoms with E-state index in [1.807, 2.05) is 16.7 Å². The van der Waals surface area contributed by atoms with Gasteiger partial charge in [-0.3, -0.25) is 10.1 Å². The molecule has 1 aliphatic heterocycles. The van der Waals surface area contributed by atoms with Gasteiger partial charge >= 0.3 is 0 Å². The van der Waals surface area contributed by atoms with Crippen molar-refractivity contribution in [3.8, 4) is 0 Å². The molecule has 0 aromatic heterocycles. The quantitative estimate of drug-likeness (QED) is 0.905. The Morgan fingerprint density at radius 3 is 2.85 bits per heavy atom. The lowest BCUT2D eigenvalue weighted by Crippen LogP contribution is -2.38. The maximum Gasteiger partial charge on any atom is 0.238 e. The molecule has 0 bridgehead atoms. The number of amides is 1. The summed E-state index contributed by atoms with van der Waals surface area (Å²) in [6, 6.07) is 6.73. The summed E-state index contributed by atoms with van der Waals surface area (Å²) in [6.07, 6.45) is 3.17. The minimum Gasteiger partial charge on any atom is -0.319 e. The van der Waals surface area contributed by atoms with Gasteiger partial charge in [-0.2, -0.15) is 11.8 Å². The van der Waals surface area contributed by atoms with Crippen molar-refractivity contribution in [1.82, 2.24) is 10.2 Å². The van der Waals surface area contributed by atoms with E-state index in [1.165, 1.54) is 16.7 Å². The molecule has 20 heavy (non-hydrogen) atoms. The fraction of sp³-hybridized carbons (Fsp3) is 0.562. The molecule has 0 saturated carbocycles. The van der Waals surface area contributed by atoms with Crippen LogP contribution in [-0.4, -0.2) is 35.4 Å². The Balaban J connectivity index is 2.23. The van der Waals surface area contributed by atoms with Gasteiger partial charge in [0.25, 0.3) is 0 Å². The number of benzene rings is 1. The minimum atomic E-state index is 0.0277. The second-order valence-corrected chi connectivity index (χ2v) is 6.56. The van der Waals surface area contributed by atoms with Crippen LogP contribution in [0.2, 0.25) is 0 Å². The molecule has 1 heterocycles. The highest BCUT2D eigenvalue weighted by Gasteiger charge is 2.35. The number of nitrogens with zero attached hydrogens (tertiary/aromatic N) is 1. The van der Waals surface area contributed by atoms with Gasteiger partial charge in [-0.1, -0.05) is 23.8 Å². The summed E-state index contributed by atoms with van der Waals surface area (Å²) in [5.41, 5.74) is 3.73. The van der Waals surface area contributed by atoms with Crippen LogP contribution in [0.4, 0.5) is 0 Å².